The molecule has 1 aromatic rings. The summed E-state index contributed by atoms with van der Waals surface area (Å²) in [4.78, 5) is 13.8. The largest absolute Gasteiger partial charge is 0.355 e. The van der Waals surface area contributed by atoms with Crippen LogP contribution in [-0.2, 0) is 4.79 Å². The number of hydrogen-bond donors (Lipinski definition) is 2. The molecule has 4 nitrogen and oxygen atoms in total. The topological polar surface area (TPSA) is 58.4 Å². The SMILES string of the molecule is CC(C)CNC(=O)CN(C)C(c1ccc(F)cc1)C(C)N. The average Bonchev–Trinajstić information content (AvgIpc) is 2.38. The Labute approximate surface area is 126 Å². The first-order chi connectivity index (χ1) is 9.81. The van der Waals surface area contributed by atoms with Gasteiger partial charge in [0, 0.05) is 18.6 Å². The molecule has 3 N–H and O–H groups in total. The number of benzene rings is 1. The Kier molecular flexibility index (Phi) is 6.78. The maximum Gasteiger partial charge on any atom is 0.234 e. The molecule has 0 fully saturated rings. The summed E-state index contributed by atoms with van der Waals surface area (Å²) in [5.41, 5.74) is 6.95. The minimum atomic E-state index is -0.278. The highest BCUT2D eigenvalue weighted by Crippen LogP contribution is 2.22. The minimum Gasteiger partial charge on any atom is -0.355 e. The smallest absolute Gasteiger partial charge is 0.234 e. The molecule has 1 amide bonds. The van der Waals surface area contributed by atoms with Crippen LogP contribution in [0.3, 0.4) is 0 Å². The van der Waals surface area contributed by atoms with E-state index in [2.05, 4.69) is 5.32 Å². The van der Waals surface area contributed by atoms with Crippen LogP contribution in [0.2, 0.25) is 0 Å². The fourth-order valence-electron chi connectivity index (χ4n) is 2.32. The summed E-state index contributed by atoms with van der Waals surface area (Å²) in [5.74, 6) is 0.110. The van der Waals surface area contributed by atoms with Crippen LogP contribution in [0.15, 0.2) is 24.3 Å². The summed E-state index contributed by atoms with van der Waals surface area (Å²) in [6, 6.07) is 5.96. The van der Waals surface area contributed by atoms with E-state index in [0.717, 1.165) is 5.56 Å². The van der Waals surface area contributed by atoms with Gasteiger partial charge in [0.25, 0.3) is 0 Å². The normalized spacial score (nSPS) is 14.3. The second-order valence-electron chi connectivity index (χ2n) is 5.97. The first-order valence-corrected chi connectivity index (χ1v) is 7.29. The summed E-state index contributed by atoms with van der Waals surface area (Å²) >= 11 is 0. The van der Waals surface area contributed by atoms with Crippen molar-refractivity contribution in [2.45, 2.75) is 32.9 Å². The van der Waals surface area contributed by atoms with Crippen LogP contribution in [0.4, 0.5) is 4.39 Å². The van der Waals surface area contributed by atoms with Crippen molar-refractivity contribution >= 4 is 5.91 Å². The number of amides is 1. The van der Waals surface area contributed by atoms with Crippen LogP contribution < -0.4 is 11.1 Å². The number of rotatable bonds is 7. The van der Waals surface area contributed by atoms with Crippen LogP contribution >= 0.6 is 0 Å². The summed E-state index contributed by atoms with van der Waals surface area (Å²) in [7, 11) is 1.85. The second-order valence-corrected chi connectivity index (χ2v) is 5.97. The first kappa shape index (κ1) is 17.6. The zero-order valence-electron chi connectivity index (χ0n) is 13.3. The lowest BCUT2D eigenvalue weighted by molar-refractivity contribution is -0.122. The zero-order chi connectivity index (χ0) is 16.0. The van der Waals surface area contributed by atoms with Gasteiger partial charge in [0.1, 0.15) is 5.82 Å². The Morgan fingerprint density at radius 3 is 2.33 bits per heavy atom. The summed E-state index contributed by atoms with van der Waals surface area (Å²) in [5, 5.41) is 2.89. The molecular weight excluding hydrogens is 269 g/mol. The third-order valence-corrected chi connectivity index (χ3v) is 3.28. The predicted octanol–water partition coefficient (Wildman–Crippen LogP) is 1.92. The molecule has 0 bridgehead atoms. The summed E-state index contributed by atoms with van der Waals surface area (Å²) in [6.07, 6.45) is 0. The fourth-order valence-corrected chi connectivity index (χ4v) is 2.32. The lowest BCUT2D eigenvalue weighted by Gasteiger charge is -2.31. The Hall–Kier alpha value is -1.46. The quantitative estimate of drug-likeness (QED) is 0.808. The van der Waals surface area contributed by atoms with E-state index in [0.29, 0.717) is 12.5 Å². The molecule has 1 aromatic carbocycles. The Balaban J connectivity index is 2.72. The third kappa shape index (κ3) is 5.81. The monoisotopic (exact) mass is 295 g/mol. The molecule has 0 radical (unpaired) electrons. The molecule has 1 rings (SSSR count). The van der Waals surface area contributed by atoms with E-state index < -0.39 is 0 Å². The van der Waals surface area contributed by atoms with Crippen molar-refractivity contribution in [1.29, 1.82) is 0 Å². The standard InChI is InChI=1S/C16H26FN3O/c1-11(2)9-19-15(21)10-20(4)16(12(3)18)13-5-7-14(17)8-6-13/h5-8,11-12,16H,9-10,18H2,1-4H3,(H,19,21). The van der Waals surface area contributed by atoms with E-state index in [-0.39, 0.29) is 30.4 Å². The lowest BCUT2D eigenvalue weighted by Crippen LogP contribution is -2.43. The molecule has 0 saturated carbocycles. The molecule has 0 aliphatic carbocycles. The highest BCUT2D eigenvalue weighted by atomic mass is 19.1. The second kappa shape index (κ2) is 8.10. The van der Waals surface area contributed by atoms with E-state index in [9.17, 15) is 9.18 Å². The molecule has 0 aliphatic rings. The van der Waals surface area contributed by atoms with Gasteiger partial charge in [-0.15, -0.1) is 0 Å². The first-order valence-electron chi connectivity index (χ1n) is 7.29. The maximum absolute atomic E-state index is 13.0. The minimum absolute atomic E-state index is 0.0287. The van der Waals surface area contributed by atoms with Gasteiger partial charge in [-0.3, -0.25) is 9.69 Å². The summed E-state index contributed by atoms with van der Waals surface area (Å²) in [6.45, 7) is 6.90. The van der Waals surface area contributed by atoms with E-state index in [1.165, 1.54) is 12.1 Å². The highest BCUT2D eigenvalue weighted by Gasteiger charge is 2.22. The average molecular weight is 295 g/mol. The van der Waals surface area contributed by atoms with Crippen molar-refractivity contribution in [3.8, 4) is 0 Å². The number of nitrogens with two attached hydrogens (primary N) is 1. The van der Waals surface area contributed by atoms with Gasteiger partial charge in [-0.05, 0) is 37.6 Å². The maximum atomic E-state index is 13.0. The van der Waals surface area contributed by atoms with Crippen molar-refractivity contribution in [2.24, 2.45) is 11.7 Å². The van der Waals surface area contributed by atoms with Crippen molar-refractivity contribution in [2.75, 3.05) is 20.1 Å². The summed E-state index contributed by atoms with van der Waals surface area (Å²) < 4.78 is 13.0. The van der Waals surface area contributed by atoms with Gasteiger partial charge in [-0.2, -0.15) is 0 Å². The van der Waals surface area contributed by atoms with Crippen molar-refractivity contribution < 1.29 is 9.18 Å². The number of nitrogens with zero attached hydrogens (tertiary/aromatic N) is 1. The molecule has 0 aromatic heterocycles. The molecule has 118 valence electrons. The number of nitrogens with one attached hydrogen (secondary N) is 1. The van der Waals surface area contributed by atoms with E-state index in [1.54, 1.807) is 12.1 Å². The van der Waals surface area contributed by atoms with Gasteiger partial charge in [-0.1, -0.05) is 26.0 Å². The van der Waals surface area contributed by atoms with E-state index in [1.807, 2.05) is 32.7 Å². The van der Waals surface area contributed by atoms with Gasteiger partial charge < -0.3 is 11.1 Å². The number of likely N-dealkylation sites (N-methyl/N-ethyl adjacent to an activating group) is 1. The number of hydrogen-bond acceptors (Lipinski definition) is 3. The Morgan fingerprint density at radius 2 is 1.86 bits per heavy atom. The van der Waals surface area contributed by atoms with Crippen molar-refractivity contribution in [1.82, 2.24) is 10.2 Å². The molecule has 2 atom stereocenters. The van der Waals surface area contributed by atoms with Crippen molar-refractivity contribution in [3.63, 3.8) is 0 Å². The van der Waals surface area contributed by atoms with Crippen LogP contribution in [-0.4, -0.2) is 37.0 Å². The van der Waals surface area contributed by atoms with Gasteiger partial charge in [0.05, 0.1) is 6.54 Å². The van der Waals surface area contributed by atoms with E-state index >= 15 is 0 Å². The van der Waals surface area contributed by atoms with Gasteiger partial charge >= 0.3 is 0 Å². The van der Waals surface area contributed by atoms with Crippen LogP contribution in [0.1, 0.15) is 32.4 Å². The van der Waals surface area contributed by atoms with Crippen LogP contribution in [0, 0.1) is 11.7 Å². The highest BCUT2D eigenvalue weighted by molar-refractivity contribution is 5.78. The Bertz CT molecular complexity index is 445. The van der Waals surface area contributed by atoms with Crippen LogP contribution in [0.25, 0.3) is 0 Å². The molecular formula is C16H26FN3O. The number of carbonyl (C=O) groups is 1. The Morgan fingerprint density at radius 1 is 1.29 bits per heavy atom. The van der Waals surface area contributed by atoms with Gasteiger partial charge in [-0.25, -0.2) is 4.39 Å². The molecule has 0 aliphatic heterocycles. The molecule has 0 heterocycles. The molecule has 0 spiro atoms. The van der Waals surface area contributed by atoms with E-state index in [4.69, 9.17) is 5.73 Å². The zero-order valence-corrected chi connectivity index (χ0v) is 13.3. The van der Waals surface area contributed by atoms with Gasteiger partial charge in [0.2, 0.25) is 5.91 Å². The fraction of sp³-hybridized carbons (Fsp3) is 0.562. The van der Waals surface area contributed by atoms with Gasteiger partial charge in [0.15, 0.2) is 0 Å². The molecule has 5 heteroatoms. The predicted molar refractivity (Wildman–Crippen MR) is 83.3 cm³/mol. The molecule has 21 heavy (non-hydrogen) atoms. The lowest BCUT2D eigenvalue weighted by atomic mass is 9.99. The van der Waals surface area contributed by atoms with Crippen LogP contribution in [0.5, 0.6) is 0 Å². The molecule has 2 unspecified atom stereocenters. The van der Waals surface area contributed by atoms with Crippen molar-refractivity contribution in [3.05, 3.63) is 35.6 Å². The number of carbonyl (C=O) groups excluding carboxylic acids is 1. The third-order valence-electron chi connectivity index (χ3n) is 3.28. The molecule has 0 saturated heterocycles. The number of halogens is 1.